The van der Waals surface area contributed by atoms with Crippen LogP contribution in [-0.2, 0) is 5.92 Å². The van der Waals surface area contributed by atoms with E-state index < -0.39 is 5.92 Å². The normalized spacial score (nSPS) is 11.8. The molecule has 0 saturated heterocycles. The molecule has 0 radical (unpaired) electrons. The second-order valence-electron chi connectivity index (χ2n) is 3.03. The maximum absolute atomic E-state index is 12.9. The first-order chi connectivity index (χ1) is 5.41. The van der Waals surface area contributed by atoms with Crippen LogP contribution in [0.1, 0.15) is 23.7 Å². The number of pyridine rings is 1. The van der Waals surface area contributed by atoms with Crippen molar-refractivity contribution in [2.75, 3.05) is 0 Å². The van der Waals surface area contributed by atoms with Crippen LogP contribution in [-0.4, -0.2) is 4.98 Å². The number of aromatic nitrogens is 1. The summed E-state index contributed by atoms with van der Waals surface area (Å²) in [6, 6.07) is 1.43. The Balaban J connectivity index is 3.23. The van der Waals surface area contributed by atoms with E-state index in [-0.39, 0.29) is 5.56 Å². The fraction of sp³-hybridized carbons (Fsp3) is 0.444. The number of hydrogen-bond acceptors (Lipinski definition) is 1. The van der Waals surface area contributed by atoms with Crippen molar-refractivity contribution in [2.24, 2.45) is 0 Å². The van der Waals surface area contributed by atoms with Gasteiger partial charge in [0.05, 0.1) is 0 Å². The third-order valence-corrected chi connectivity index (χ3v) is 1.71. The first-order valence-corrected chi connectivity index (χ1v) is 3.73. The molecule has 1 heterocycles. The Labute approximate surface area is 70.4 Å². The number of halogens is 2. The maximum Gasteiger partial charge on any atom is 0.270 e. The highest BCUT2D eigenvalue weighted by atomic mass is 19.3. The number of alkyl halides is 2. The number of rotatable bonds is 1. The fourth-order valence-corrected chi connectivity index (χ4v) is 1.10. The van der Waals surface area contributed by atoms with Gasteiger partial charge in [-0.2, -0.15) is 0 Å². The maximum atomic E-state index is 12.9. The van der Waals surface area contributed by atoms with Gasteiger partial charge in [0.15, 0.2) is 0 Å². The Bertz CT molecular complexity index is 289. The molecule has 3 heteroatoms. The molecule has 0 saturated carbocycles. The summed E-state index contributed by atoms with van der Waals surface area (Å²) in [4.78, 5) is 3.92. The zero-order valence-electron chi connectivity index (χ0n) is 7.36. The summed E-state index contributed by atoms with van der Waals surface area (Å²) in [5.74, 6) is -2.77. The smallest absolute Gasteiger partial charge is 0.261 e. The molecule has 0 aliphatic rings. The summed E-state index contributed by atoms with van der Waals surface area (Å²) in [5.41, 5.74) is 1.22. The van der Waals surface area contributed by atoms with E-state index in [1.54, 1.807) is 13.8 Å². The van der Waals surface area contributed by atoms with Crippen LogP contribution in [0.25, 0.3) is 0 Å². The predicted molar refractivity (Wildman–Crippen MR) is 43.3 cm³/mol. The molecule has 0 fully saturated rings. The zero-order valence-corrected chi connectivity index (χ0v) is 7.36. The van der Waals surface area contributed by atoms with Crippen LogP contribution in [0.4, 0.5) is 8.78 Å². The topological polar surface area (TPSA) is 12.9 Å². The summed E-state index contributed by atoms with van der Waals surface area (Å²) in [6.07, 6.45) is 1.47. The average molecular weight is 171 g/mol. The molecule has 0 unspecified atom stereocenters. The molecule has 1 aromatic rings. The van der Waals surface area contributed by atoms with Gasteiger partial charge in [-0.25, -0.2) is 8.78 Å². The molecule has 0 N–H and O–H groups in total. The lowest BCUT2D eigenvalue weighted by Crippen LogP contribution is -2.10. The molecule has 1 aromatic heterocycles. The van der Waals surface area contributed by atoms with Gasteiger partial charge in [0, 0.05) is 24.4 Å². The molecule has 0 atom stereocenters. The molecule has 0 amide bonds. The van der Waals surface area contributed by atoms with E-state index in [1.165, 1.54) is 12.3 Å². The van der Waals surface area contributed by atoms with Crippen LogP contribution >= 0.6 is 0 Å². The van der Waals surface area contributed by atoms with E-state index in [2.05, 4.69) is 4.98 Å². The van der Waals surface area contributed by atoms with Gasteiger partial charge in [0.1, 0.15) is 0 Å². The molecule has 1 rings (SSSR count). The van der Waals surface area contributed by atoms with Crippen molar-refractivity contribution in [3.63, 3.8) is 0 Å². The standard InChI is InChI=1S/C9H11F2N/c1-6-5-12-7(2)4-8(6)9(3,10)11/h4-5H,1-3H3. The van der Waals surface area contributed by atoms with Gasteiger partial charge >= 0.3 is 0 Å². The lowest BCUT2D eigenvalue weighted by atomic mass is 10.1. The second kappa shape index (κ2) is 2.81. The van der Waals surface area contributed by atoms with Crippen LogP contribution in [0.15, 0.2) is 12.3 Å². The SMILES string of the molecule is Cc1cc(C(C)(F)F)c(C)cn1. The number of aryl methyl sites for hydroxylation is 2. The molecule has 12 heavy (non-hydrogen) atoms. The van der Waals surface area contributed by atoms with Gasteiger partial charge in [0.2, 0.25) is 0 Å². The summed E-state index contributed by atoms with van der Waals surface area (Å²) >= 11 is 0. The van der Waals surface area contributed by atoms with Gasteiger partial charge in [-0.15, -0.1) is 0 Å². The Hall–Kier alpha value is -0.990. The quantitative estimate of drug-likeness (QED) is 0.633. The first-order valence-electron chi connectivity index (χ1n) is 3.73. The minimum absolute atomic E-state index is 0.0648. The third-order valence-electron chi connectivity index (χ3n) is 1.71. The average Bonchev–Trinajstić information content (AvgIpc) is 1.92. The Morgan fingerprint density at radius 2 is 1.92 bits per heavy atom. The largest absolute Gasteiger partial charge is 0.270 e. The van der Waals surface area contributed by atoms with Crippen LogP contribution in [0.5, 0.6) is 0 Å². The van der Waals surface area contributed by atoms with E-state index in [0.29, 0.717) is 11.3 Å². The molecule has 0 aromatic carbocycles. The van der Waals surface area contributed by atoms with Crippen molar-refractivity contribution in [3.8, 4) is 0 Å². The second-order valence-corrected chi connectivity index (χ2v) is 3.03. The monoisotopic (exact) mass is 171 g/mol. The van der Waals surface area contributed by atoms with E-state index in [4.69, 9.17) is 0 Å². The van der Waals surface area contributed by atoms with Gasteiger partial charge < -0.3 is 0 Å². The van der Waals surface area contributed by atoms with Crippen molar-refractivity contribution in [2.45, 2.75) is 26.7 Å². The van der Waals surface area contributed by atoms with E-state index in [9.17, 15) is 8.78 Å². The lowest BCUT2D eigenvalue weighted by Gasteiger charge is -2.13. The Morgan fingerprint density at radius 3 is 2.33 bits per heavy atom. The van der Waals surface area contributed by atoms with E-state index in [1.807, 2.05) is 0 Å². The number of hydrogen-bond donors (Lipinski definition) is 0. The summed E-state index contributed by atoms with van der Waals surface area (Å²) in [7, 11) is 0. The predicted octanol–water partition coefficient (Wildman–Crippen LogP) is 2.81. The van der Waals surface area contributed by atoms with Crippen LogP contribution in [0.2, 0.25) is 0 Å². The van der Waals surface area contributed by atoms with Crippen LogP contribution in [0, 0.1) is 13.8 Å². The van der Waals surface area contributed by atoms with Crippen molar-refractivity contribution in [1.29, 1.82) is 0 Å². The van der Waals surface area contributed by atoms with Gasteiger partial charge in [0.25, 0.3) is 5.92 Å². The van der Waals surface area contributed by atoms with Crippen molar-refractivity contribution >= 4 is 0 Å². The highest BCUT2D eigenvalue weighted by Gasteiger charge is 2.26. The summed E-state index contributed by atoms with van der Waals surface area (Å²) < 4.78 is 25.7. The first kappa shape index (κ1) is 9.10. The zero-order chi connectivity index (χ0) is 9.35. The van der Waals surface area contributed by atoms with Crippen LogP contribution < -0.4 is 0 Å². The Kier molecular flexibility index (Phi) is 2.13. The van der Waals surface area contributed by atoms with E-state index in [0.717, 1.165) is 6.92 Å². The highest BCUT2D eigenvalue weighted by Crippen LogP contribution is 2.29. The Morgan fingerprint density at radius 1 is 1.33 bits per heavy atom. The molecule has 1 nitrogen and oxygen atoms in total. The van der Waals surface area contributed by atoms with Gasteiger partial charge in [-0.1, -0.05) is 0 Å². The molecule has 0 spiro atoms. The van der Waals surface area contributed by atoms with Gasteiger partial charge in [-0.3, -0.25) is 4.98 Å². The lowest BCUT2D eigenvalue weighted by molar-refractivity contribution is 0.0166. The molecule has 66 valence electrons. The van der Waals surface area contributed by atoms with Gasteiger partial charge in [-0.05, 0) is 25.5 Å². The molecular weight excluding hydrogens is 160 g/mol. The molecule has 0 bridgehead atoms. The van der Waals surface area contributed by atoms with Crippen LogP contribution in [0.3, 0.4) is 0 Å². The van der Waals surface area contributed by atoms with E-state index >= 15 is 0 Å². The fourth-order valence-electron chi connectivity index (χ4n) is 1.10. The molecule has 0 aliphatic carbocycles. The minimum atomic E-state index is -2.77. The van der Waals surface area contributed by atoms with Crippen molar-refractivity contribution < 1.29 is 8.78 Å². The van der Waals surface area contributed by atoms with Crippen molar-refractivity contribution in [1.82, 2.24) is 4.98 Å². The molecular formula is C9H11F2N. The highest BCUT2D eigenvalue weighted by molar-refractivity contribution is 5.28. The minimum Gasteiger partial charge on any atom is -0.261 e. The third kappa shape index (κ3) is 1.78. The summed E-state index contributed by atoms with van der Waals surface area (Å²) in [6.45, 7) is 4.24. The molecule has 0 aliphatic heterocycles. The number of nitrogens with zero attached hydrogens (tertiary/aromatic N) is 1. The summed E-state index contributed by atoms with van der Waals surface area (Å²) in [5, 5.41) is 0. The van der Waals surface area contributed by atoms with Crippen molar-refractivity contribution in [3.05, 3.63) is 29.1 Å².